The summed E-state index contributed by atoms with van der Waals surface area (Å²) in [6.07, 6.45) is 8.95. The number of nitrogens with zero attached hydrogens (tertiary/aromatic N) is 3. The molecule has 1 aliphatic carbocycles. The van der Waals surface area contributed by atoms with Gasteiger partial charge in [0.1, 0.15) is 12.1 Å². The molecule has 0 bridgehead atoms. The van der Waals surface area contributed by atoms with Gasteiger partial charge >= 0.3 is 0 Å². The van der Waals surface area contributed by atoms with E-state index in [1.165, 1.54) is 30.5 Å². The number of fused-ring (bicyclic) bond motifs is 1. The predicted octanol–water partition coefficient (Wildman–Crippen LogP) is 2.89. The maximum Gasteiger partial charge on any atom is 0.132 e. The van der Waals surface area contributed by atoms with Crippen LogP contribution in [0.5, 0.6) is 0 Å². The number of rotatable bonds is 6. The summed E-state index contributed by atoms with van der Waals surface area (Å²) >= 11 is 0. The SMILES string of the molecule is CC(C)N(C)CCCNc1ncnc2c1CCCCC2. The van der Waals surface area contributed by atoms with Crippen LogP contribution in [0.15, 0.2) is 6.33 Å². The smallest absolute Gasteiger partial charge is 0.132 e. The van der Waals surface area contributed by atoms with Crippen molar-refractivity contribution >= 4 is 5.82 Å². The number of aryl methyl sites for hydroxylation is 1. The molecule has 0 aliphatic heterocycles. The van der Waals surface area contributed by atoms with Crippen molar-refractivity contribution in [1.82, 2.24) is 14.9 Å². The van der Waals surface area contributed by atoms with Crippen LogP contribution in [0.25, 0.3) is 0 Å². The Balaban J connectivity index is 1.87. The summed E-state index contributed by atoms with van der Waals surface area (Å²) in [5.41, 5.74) is 2.63. The molecule has 0 saturated heterocycles. The average molecular weight is 276 g/mol. The van der Waals surface area contributed by atoms with Crippen LogP contribution in [-0.4, -0.2) is 41.0 Å². The molecule has 20 heavy (non-hydrogen) atoms. The summed E-state index contributed by atoms with van der Waals surface area (Å²) in [6.45, 7) is 6.58. The molecule has 2 rings (SSSR count). The van der Waals surface area contributed by atoms with E-state index in [1.807, 2.05) is 0 Å². The summed E-state index contributed by atoms with van der Waals surface area (Å²) < 4.78 is 0. The summed E-state index contributed by atoms with van der Waals surface area (Å²) in [5, 5.41) is 3.52. The molecule has 0 aromatic carbocycles. The molecule has 1 N–H and O–H groups in total. The van der Waals surface area contributed by atoms with Crippen LogP contribution in [0.1, 0.15) is 50.8 Å². The van der Waals surface area contributed by atoms with Gasteiger partial charge in [0.15, 0.2) is 0 Å². The lowest BCUT2D eigenvalue weighted by molar-refractivity contribution is 0.273. The van der Waals surface area contributed by atoms with Crippen LogP contribution in [0.3, 0.4) is 0 Å². The first kappa shape index (κ1) is 15.2. The van der Waals surface area contributed by atoms with E-state index in [-0.39, 0.29) is 0 Å². The standard InChI is InChI=1S/C16H28N4/c1-13(2)20(3)11-7-10-17-16-14-8-5-4-6-9-15(14)18-12-19-16/h12-13H,4-11H2,1-3H3,(H,17,18,19). The summed E-state index contributed by atoms with van der Waals surface area (Å²) in [7, 11) is 2.18. The molecular formula is C16H28N4. The van der Waals surface area contributed by atoms with Gasteiger partial charge in [-0.2, -0.15) is 0 Å². The van der Waals surface area contributed by atoms with Gasteiger partial charge in [-0.1, -0.05) is 6.42 Å². The van der Waals surface area contributed by atoms with E-state index in [9.17, 15) is 0 Å². The Labute approximate surface area is 123 Å². The molecule has 0 radical (unpaired) electrons. The Hall–Kier alpha value is -1.16. The van der Waals surface area contributed by atoms with Crippen LogP contribution in [0.4, 0.5) is 5.82 Å². The van der Waals surface area contributed by atoms with E-state index in [1.54, 1.807) is 6.33 Å². The molecule has 1 aromatic rings. The molecule has 112 valence electrons. The third-order valence-electron chi connectivity index (χ3n) is 4.24. The minimum atomic E-state index is 0.616. The highest BCUT2D eigenvalue weighted by Gasteiger charge is 2.13. The van der Waals surface area contributed by atoms with Gasteiger partial charge in [0.05, 0.1) is 0 Å². The highest BCUT2D eigenvalue weighted by molar-refractivity contribution is 5.46. The molecule has 0 amide bonds. The topological polar surface area (TPSA) is 41.0 Å². The molecular weight excluding hydrogens is 248 g/mol. The minimum absolute atomic E-state index is 0.616. The zero-order chi connectivity index (χ0) is 14.4. The van der Waals surface area contributed by atoms with Crippen molar-refractivity contribution in [3.8, 4) is 0 Å². The largest absolute Gasteiger partial charge is 0.370 e. The van der Waals surface area contributed by atoms with Crippen molar-refractivity contribution in [2.24, 2.45) is 0 Å². The van der Waals surface area contributed by atoms with E-state index >= 15 is 0 Å². The van der Waals surface area contributed by atoms with Crippen LogP contribution < -0.4 is 5.32 Å². The molecule has 0 spiro atoms. The van der Waals surface area contributed by atoms with Gasteiger partial charge in [0.25, 0.3) is 0 Å². The van der Waals surface area contributed by atoms with Gasteiger partial charge in [-0.15, -0.1) is 0 Å². The van der Waals surface area contributed by atoms with Crippen LogP contribution >= 0.6 is 0 Å². The Morgan fingerprint density at radius 1 is 1.20 bits per heavy atom. The average Bonchev–Trinajstić information content (AvgIpc) is 2.68. The number of aromatic nitrogens is 2. The van der Waals surface area contributed by atoms with E-state index in [4.69, 9.17) is 0 Å². The Kier molecular flexibility index (Phi) is 5.77. The summed E-state index contributed by atoms with van der Waals surface area (Å²) in [6, 6.07) is 0.616. The highest BCUT2D eigenvalue weighted by Crippen LogP contribution is 2.23. The highest BCUT2D eigenvalue weighted by atomic mass is 15.1. The molecule has 0 unspecified atom stereocenters. The molecule has 0 saturated carbocycles. The lowest BCUT2D eigenvalue weighted by atomic mass is 10.1. The van der Waals surface area contributed by atoms with Crippen LogP contribution in [-0.2, 0) is 12.8 Å². The fraction of sp³-hybridized carbons (Fsp3) is 0.750. The molecule has 0 fully saturated rings. The van der Waals surface area contributed by atoms with E-state index < -0.39 is 0 Å². The van der Waals surface area contributed by atoms with Crippen molar-refractivity contribution in [1.29, 1.82) is 0 Å². The van der Waals surface area contributed by atoms with Gasteiger partial charge in [-0.25, -0.2) is 9.97 Å². The molecule has 1 aromatic heterocycles. The molecule has 1 aliphatic rings. The molecule has 0 atom stereocenters. The zero-order valence-corrected chi connectivity index (χ0v) is 13.2. The number of hydrogen-bond donors (Lipinski definition) is 1. The Bertz CT molecular complexity index is 417. The van der Waals surface area contributed by atoms with Crippen molar-refractivity contribution in [2.45, 2.75) is 58.4 Å². The normalized spacial score (nSPS) is 15.2. The Morgan fingerprint density at radius 3 is 2.80 bits per heavy atom. The maximum atomic E-state index is 4.46. The second-order valence-electron chi connectivity index (χ2n) is 6.06. The van der Waals surface area contributed by atoms with Gasteiger partial charge in [0, 0.05) is 23.8 Å². The van der Waals surface area contributed by atoms with Crippen molar-refractivity contribution in [3.05, 3.63) is 17.6 Å². The molecule has 4 heteroatoms. The van der Waals surface area contributed by atoms with E-state index in [0.29, 0.717) is 6.04 Å². The lowest BCUT2D eigenvalue weighted by Crippen LogP contribution is -2.28. The van der Waals surface area contributed by atoms with Gasteiger partial charge in [-0.3, -0.25) is 0 Å². The molecule has 4 nitrogen and oxygen atoms in total. The number of anilines is 1. The Morgan fingerprint density at radius 2 is 2.00 bits per heavy atom. The number of nitrogens with one attached hydrogen (secondary N) is 1. The third-order valence-corrected chi connectivity index (χ3v) is 4.24. The summed E-state index contributed by atoms with van der Waals surface area (Å²) in [4.78, 5) is 11.3. The van der Waals surface area contributed by atoms with Crippen LogP contribution in [0, 0.1) is 0 Å². The monoisotopic (exact) mass is 276 g/mol. The van der Waals surface area contributed by atoms with Gasteiger partial charge in [0.2, 0.25) is 0 Å². The lowest BCUT2D eigenvalue weighted by Gasteiger charge is -2.21. The quantitative estimate of drug-likeness (QED) is 0.641. The fourth-order valence-electron chi connectivity index (χ4n) is 2.64. The van der Waals surface area contributed by atoms with Crippen molar-refractivity contribution in [2.75, 3.05) is 25.5 Å². The second kappa shape index (κ2) is 7.58. The van der Waals surface area contributed by atoms with E-state index in [0.717, 1.165) is 38.2 Å². The fourth-order valence-corrected chi connectivity index (χ4v) is 2.64. The van der Waals surface area contributed by atoms with Gasteiger partial charge < -0.3 is 10.2 Å². The molecule has 1 heterocycles. The zero-order valence-electron chi connectivity index (χ0n) is 13.2. The van der Waals surface area contributed by atoms with Gasteiger partial charge in [-0.05, 0) is 59.5 Å². The van der Waals surface area contributed by atoms with E-state index in [2.05, 4.69) is 41.1 Å². The minimum Gasteiger partial charge on any atom is -0.370 e. The number of hydrogen-bond acceptors (Lipinski definition) is 4. The predicted molar refractivity (Wildman–Crippen MR) is 84.2 cm³/mol. The maximum absolute atomic E-state index is 4.46. The first-order valence-electron chi connectivity index (χ1n) is 7.95. The third kappa shape index (κ3) is 4.17. The van der Waals surface area contributed by atoms with Crippen LogP contribution in [0.2, 0.25) is 0 Å². The van der Waals surface area contributed by atoms with Crippen molar-refractivity contribution < 1.29 is 0 Å². The first-order chi connectivity index (χ1) is 9.68. The second-order valence-corrected chi connectivity index (χ2v) is 6.06. The van der Waals surface area contributed by atoms with Crippen molar-refractivity contribution in [3.63, 3.8) is 0 Å². The first-order valence-corrected chi connectivity index (χ1v) is 7.95. The summed E-state index contributed by atoms with van der Waals surface area (Å²) in [5.74, 6) is 1.07.